The Bertz CT molecular complexity index is 713. The van der Waals surface area contributed by atoms with E-state index in [1.165, 1.54) is 6.92 Å². The van der Waals surface area contributed by atoms with Crippen LogP contribution in [0.15, 0.2) is 29.2 Å². The van der Waals surface area contributed by atoms with Crippen LogP contribution < -0.4 is 4.74 Å². The van der Waals surface area contributed by atoms with Crippen LogP contribution in [0.2, 0.25) is 0 Å². The highest BCUT2D eigenvalue weighted by molar-refractivity contribution is 8.18. The van der Waals surface area contributed by atoms with E-state index < -0.39 is 23.2 Å². The molecular weight excluding hydrogens is 342 g/mol. The van der Waals surface area contributed by atoms with Crippen LogP contribution in [0.5, 0.6) is 5.75 Å². The molecule has 7 heteroatoms. The van der Waals surface area contributed by atoms with Crippen LogP contribution >= 0.6 is 11.8 Å². The van der Waals surface area contributed by atoms with Crippen LogP contribution in [0, 0.1) is 0 Å². The van der Waals surface area contributed by atoms with Crippen LogP contribution in [0.1, 0.15) is 33.3 Å². The maximum absolute atomic E-state index is 12.6. The zero-order chi connectivity index (χ0) is 18.6. The fraction of sp³-hybridized carbons (Fsp3) is 0.389. The van der Waals surface area contributed by atoms with Gasteiger partial charge in [-0.3, -0.25) is 14.5 Å². The summed E-state index contributed by atoms with van der Waals surface area (Å²) in [6, 6.07) is 6.31. The number of nitrogens with zero attached hydrogens (tertiary/aromatic N) is 1. The van der Waals surface area contributed by atoms with E-state index in [9.17, 15) is 14.4 Å². The Labute approximate surface area is 151 Å². The third kappa shape index (κ3) is 4.42. The van der Waals surface area contributed by atoms with Crippen LogP contribution in [-0.4, -0.2) is 40.8 Å². The summed E-state index contributed by atoms with van der Waals surface area (Å²) in [6.45, 7) is 7.16. The second kappa shape index (κ2) is 8.20. The van der Waals surface area contributed by atoms with E-state index in [0.29, 0.717) is 11.3 Å². The van der Waals surface area contributed by atoms with Gasteiger partial charge in [-0.2, -0.15) is 0 Å². The van der Waals surface area contributed by atoms with Gasteiger partial charge in [-0.05, 0) is 51.6 Å². The van der Waals surface area contributed by atoms with E-state index in [0.717, 1.165) is 16.7 Å². The summed E-state index contributed by atoms with van der Waals surface area (Å²) in [7, 11) is 0. The molecule has 2 rings (SSSR count). The second-order valence-electron chi connectivity index (χ2n) is 5.68. The Hall–Kier alpha value is -2.28. The minimum Gasteiger partial charge on any atom is -0.490 e. The number of amides is 2. The molecule has 1 aromatic rings. The third-order valence-corrected chi connectivity index (χ3v) is 4.29. The topological polar surface area (TPSA) is 72.9 Å². The van der Waals surface area contributed by atoms with E-state index in [4.69, 9.17) is 9.47 Å². The first-order chi connectivity index (χ1) is 11.8. The number of carbonyl (C=O) groups is 3. The highest BCUT2D eigenvalue weighted by Gasteiger charge is 2.41. The van der Waals surface area contributed by atoms with Gasteiger partial charge in [-0.1, -0.05) is 18.2 Å². The number of rotatable bonds is 6. The number of para-hydroxylation sites is 1. The highest BCUT2D eigenvalue weighted by Crippen LogP contribution is 2.35. The Morgan fingerprint density at radius 3 is 2.56 bits per heavy atom. The summed E-state index contributed by atoms with van der Waals surface area (Å²) in [4.78, 5) is 37.8. The number of esters is 1. The van der Waals surface area contributed by atoms with Crippen molar-refractivity contribution in [2.24, 2.45) is 0 Å². The summed E-state index contributed by atoms with van der Waals surface area (Å²) in [5, 5.41) is -0.487. The molecule has 1 aliphatic rings. The number of carbonyl (C=O) groups excluding carboxylic acids is 3. The Morgan fingerprint density at radius 1 is 1.24 bits per heavy atom. The maximum atomic E-state index is 12.6. The molecule has 6 nitrogen and oxygen atoms in total. The molecule has 0 saturated carbocycles. The molecule has 1 aromatic carbocycles. The number of hydrogen-bond donors (Lipinski definition) is 0. The monoisotopic (exact) mass is 363 g/mol. The second-order valence-corrected chi connectivity index (χ2v) is 6.68. The number of hydrogen-bond acceptors (Lipinski definition) is 6. The molecule has 0 radical (unpaired) electrons. The SMILES string of the molecule is CCOC(=O)[C@H](C)N1C(=O)S/C(=C\c2ccccc2OC(C)C)C1=O. The average molecular weight is 363 g/mol. The number of thioether (sulfide) groups is 1. The van der Waals surface area contributed by atoms with Gasteiger partial charge in [0.15, 0.2) is 0 Å². The van der Waals surface area contributed by atoms with Crippen LogP contribution in [-0.2, 0) is 14.3 Å². The van der Waals surface area contributed by atoms with Crippen LogP contribution in [0.3, 0.4) is 0 Å². The van der Waals surface area contributed by atoms with Gasteiger partial charge in [0.2, 0.25) is 0 Å². The van der Waals surface area contributed by atoms with E-state index in [2.05, 4.69) is 0 Å². The molecule has 0 unspecified atom stereocenters. The fourth-order valence-electron chi connectivity index (χ4n) is 2.28. The number of benzene rings is 1. The molecule has 25 heavy (non-hydrogen) atoms. The zero-order valence-corrected chi connectivity index (χ0v) is 15.5. The van der Waals surface area contributed by atoms with Crippen molar-refractivity contribution in [2.45, 2.75) is 39.8 Å². The first-order valence-electron chi connectivity index (χ1n) is 8.04. The zero-order valence-electron chi connectivity index (χ0n) is 14.6. The predicted molar refractivity (Wildman–Crippen MR) is 96.1 cm³/mol. The smallest absolute Gasteiger partial charge is 0.329 e. The van der Waals surface area contributed by atoms with Crippen molar-refractivity contribution < 1.29 is 23.9 Å². The molecule has 0 N–H and O–H groups in total. The van der Waals surface area contributed by atoms with Crippen molar-refractivity contribution in [3.05, 3.63) is 34.7 Å². The molecule has 1 aliphatic heterocycles. The molecule has 134 valence electrons. The first kappa shape index (κ1) is 19.1. The van der Waals surface area contributed by atoms with Gasteiger partial charge >= 0.3 is 5.97 Å². The molecule has 1 saturated heterocycles. The molecular formula is C18H21NO5S. The fourth-order valence-corrected chi connectivity index (χ4v) is 3.18. The summed E-state index contributed by atoms with van der Waals surface area (Å²) >= 11 is 0.803. The number of imide groups is 1. The molecule has 1 heterocycles. The third-order valence-electron chi connectivity index (χ3n) is 3.41. The van der Waals surface area contributed by atoms with Crippen molar-refractivity contribution in [3.8, 4) is 5.75 Å². The van der Waals surface area contributed by atoms with Gasteiger partial charge < -0.3 is 9.47 Å². The minimum atomic E-state index is -0.958. The molecule has 0 aromatic heterocycles. The predicted octanol–water partition coefficient (Wildman–Crippen LogP) is 3.46. The quantitative estimate of drug-likeness (QED) is 0.569. The molecule has 1 fully saturated rings. The van der Waals surface area contributed by atoms with E-state index in [-0.39, 0.29) is 17.6 Å². The van der Waals surface area contributed by atoms with Crippen molar-refractivity contribution in [2.75, 3.05) is 6.61 Å². The summed E-state index contributed by atoms with van der Waals surface area (Å²) in [5.74, 6) is -0.479. The van der Waals surface area contributed by atoms with E-state index in [1.807, 2.05) is 26.0 Å². The van der Waals surface area contributed by atoms with Crippen molar-refractivity contribution >= 4 is 35.0 Å². The molecule has 2 amide bonds. The standard InChI is InChI=1S/C18H21NO5S/c1-5-23-17(21)12(4)19-16(20)15(25-18(19)22)10-13-8-6-7-9-14(13)24-11(2)3/h6-12H,5H2,1-4H3/b15-10-/t12-/m0/s1. The van der Waals surface area contributed by atoms with Gasteiger partial charge in [0.25, 0.3) is 11.1 Å². The molecule has 1 atom stereocenters. The Kier molecular flexibility index (Phi) is 6.25. The minimum absolute atomic E-state index is 0.0200. The van der Waals surface area contributed by atoms with Crippen molar-refractivity contribution in [3.63, 3.8) is 0 Å². The molecule has 0 aliphatic carbocycles. The van der Waals surface area contributed by atoms with Gasteiger partial charge in [0, 0.05) is 5.56 Å². The lowest BCUT2D eigenvalue weighted by Gasteiger charge is -2.19. The normalized spacial score (nSPS) is 17.3. The Balaban J connectivity index is 2.28. The molecule has 0 spiro atoms. The Morgan fingerprint density at radius 2 is 1.92 bits per heavy atom. The lowest BCUT2D eigenvalue weighted by molar-refractivity contribution is -0.150. The maximum Gasteiger partial charge on any atom is 0.329 e. The largest absolute Gasteiger partial charge is 0.490 e. The van der Waals surface area contributed by atoms with E-state index in [1.54, 1.807) is 25.1 Å². The van der Waals surface area contributed by atoms with Crippen molar-refractivity contribution in [1.82, 2.24) is 4.90 Å². The highest BCUT2D eigenvalue weighted by atomic mass is 32.2. The van der Waals surface area contributed by atoms with Gasteiger partial charge in [-0.25, -0.2) is 4.79 Å². The summed E-state index contributed by atoms with van der Waals surface area (Å²) < 4.78 is 10.6. The summed E-state index contributed by atoms with van der Waals surface area (Å²) in [5.41, 5.74) is 0.700. The summed E-state index contributed by atoms with van der Waals surface area (Å²) in [6.07, 6.45) is 1.59. The first-order valence-corrected chi connectivity index (χ1v) is 8.86. The van der Waals surface area contributed by atoms with Crippen LogP contribution in [0.25, 0.3) is 6.08 Å². The van der Waals surface area contributed by atoms with Gasteiger partial charge in [0.1, 0.15) is 11.8 Å². The average Bonchev–Trinajstić information content (AvgIpc) is 2.82. The van der Waals surface area contributed by atoms with Gasteiger partial charge in [0.05, 0.1) is 17.6 Å². The van der Waals surface area contributed by atoms with E-state index >= 15 is 0 Å². The lowest BCUT2D eigenvalue weighted by atomic mass is 10.1. The van der Waals surface area contributed by atoms with Crippen molar-refractivity contribution in [1.29, 1.82) is 0 Å². The van der Waals surface area contributed by atoms with Crippen LogP contribution in [0.4, 0.5) is 4.79 Å². The molecule has 0 bridgehead atoms. The van der Waals surface area contributed by atoms with Gasteiger partial charge in [-0.15, -0.1) is 0 Å². The lowest BCUT2D eigenvalue weighted by Crippen LogP contribution is -2.42. The number of ether oxygens (including phenoxy) is 2.